The number of nitrogens with two attached hydrogens (primary N) is 2. The van der Waals surface area contributed by atoms with Gasteiger partial charge in [-0.2, -0.15) is 4.31 Å². The number of sulfonamides is 1. The predicted molar refractivity (Wildman–Crippen MR) is 117 cm³/mol. The largest absolute Gasteiger partial charge is 0.390 e. The minimum atomic E-state index is -4.89. The van der Waals surface area contributed by atoms with Crippen LogP contribution in [0.5, 0.6) is 0 Å². The second kappa shape index (κ2) is 9.19. The molecule has 0 saturated carbocycles. The first kappa shape index (κ1) is 14.1. The average Bonchev–Trinajstić information content (AvgIpc) is 3.16. The van der Waals surface area contributed by atoms with Crippen molar-refractivity contribution in [2.24, 2.45) is 5.73 Å². The first-order valence-corrected chi connectivity index (χ1v) is 10.9. The van der Waals surface area contributed by atoms with Crippen LogP contribution in [0.2, 0.25) is 0 Å². The molecule has 0 fully saturated rings. The average molecular weight is 442 g/mol. The number of aromatic nitrogens is 1. The molecule has 2 aromatic carbocycles. The first-order valence-electron chi connectivity index (χ1n) is 12.1. The Kier molecular flexibility index (Phi) is 4.45. The molecule has 0 radical (unpaired) electrons. The lowest BCUT2D eigenvalue weighted by atomic mass is 10.0. The van der Waals surface area contributed by atoms with Gasteiger partial charge in [0, 0.05) is 28.7 Å². The summed E-state index contributed by atoms with van der Waals surface area (Å²) in [7, 11) is -4.89. The van der Waals surface area contributed by atoms with E-state index in [4.69, 9.17) is 21.1 Å². The van der Waals surface area contributed by atoms with Gasteiger partial charge in [-0.3, -0.25) is 0 Å². The van der Waals surface area contributed by atoms with Gasteiger partial charge in [0.2, 0.25) is 10.0 Å². The molecule has 156 valence electrons. The van der Waals surface area contributed by atoms with Gasteiger partial charge in [0.1, 0.15) is 0 Å². The summed E-state index contributed by atoms with van der Waals surface area (Å²) < 4.78 is 83.0. The lowest BCUT2D eigenvalue weighted by Gasteiger charge is -2.27. The van der Waals surface area contributed by atoms with Crippen molar-refractivity contribution in [3.8, 4) is 0 Å². The van der Waals surface area contributed by atoms with Gasteiger partial charge >= 0.3 is 0 Å². The highest BCUT2D eigenvalue weighted by Gasteiger charge is 2.28. The molecule has 0 aliphatic rings. The lowest BCUT2D eigenvalue weighted by molar-refractivity contribution is 0.119. The Bertz CT molecular complexity index is 1320. The Morgan fingerprint density at radius 3 is 2.79 bits per heavy atom. The van der Waals surface area contributed by atoms with Crippen molar-refractivity contribution < 1.29 is 23.1 Å². The van der Waals surface area contributed by atoms with E-state index >= 15 is 0 Å². The minimum Gasteiger partial charge on any atom is -0.390 e. The summed E-state index contributed by atoms with van der Waals surface area (Å²) in [5, 5.41) is 11.0. The molecule has 29 heavy (non-hydrogen) atoms. The maximum Gasteiger partial charge on any atom is 0.243 e. The first-order chi connectivity index (χ1) is 16.5. The van der Waals surface area contributed by atoms with Gasteiger partial charge in [0.15, 0.2) is 5.13 Å². The molecule has 0 amide bonds. The third-order valence-corrected chi connectivity index (χ3v) is 6.82. The summed E-state index contributed by atoms with van der Waals surface area (Å²) in [5.41, 5.74) is 12.9. The molecule has 0 unspecified atom stereocenters. The summed E-state index contributed by atoms with van der Waals surface area (Å²) in [5.74, 6) is 0. The van der Waals surface area contributed by atoms with Crippen LogP contribution in [0.15, 0.2) is 53.4 Å². The van der Waals surface area contributed by atoms with Gasteiger partial charge in [-0.05, 0) is 36.6 Å². The van der Waals surface area contributed by atoms with Crippen LogP contribution in [0, 0.1) is 0 Å². The number of thiazole rings is 1. The Morgan fingerprint density at radius 1 is 1.31 bits per heavy atom. The van der Waals surface area contributed by atoms with Crippen LogP contribution in [0.3, 0.4) is 0 Å². The second-order valence-corrected chi connectivity index (χ2v) is 9.30. The Morgan fingerprint density at radius 2 is 2.07 bits per heavy atom. The van der Waals surface area contributed by atoms with Crippen molar-refractivity contribution in [2.75, 3.05) is 18.8 Å². The van der Waals surface area contributed by atoms with E-state index in [2.05, 4.69) is 4.98 Å². The van der Waals surface area contributed by atoms with Crippen molar-refractivity contribution in [1.29, 1.82) is 0 Å². The third kappa shape index (κ3) is 5.12. The zero-order chi connectivity index (χ0) is 27.1. The Balaban J connectivity index is 2.06. The van der Waals surface area contributed by atoms with E-state index in [1.165, 1.54) is 12.1 Å². The molecule has 0 bridgehead atoms. The Labute approximate surface area is 184 Å². The van der Waals surface area contributed by atoms with Crippen LogP contribution in [0.25, 0.3) is 10.2 Å². The number of anilines is 1. The van der Waals surface area contributed by atoms with E-state index in [0.717, 1.165) is 23.0 Å². The number of benzene rings is 2. The van der Waals surface area contributed by atoms with E-state index in [-0.39, 0.29) is 15.9 Å². The van der Waals surface area contributed by atoms with E-state index in [0.29, 0.717) is 10.2 Å². The highest BCUT2D eigenvalue weighted by molar-refractivity contribution is 7.89. The van der Waals surface area contributed by atoms with Crippen molar-refractivity contribution in [3.63, 3.8) is 0 Å². The highest BCUT2D eigenvalue weighted by atomic mass is 32.2. The normalized spacial score (nSPS) is 19.3. The molecule has 2 atom stereocenters. The zero-order valence-electron chi connectivity index (χ0n) is 22.3. The lowest BCUT2D eigenvalue weighted by Crippen LogP contribution is -2.46. The fourth-order valence-corrected chi connectivity index (χ4v) is 4.93. The number of rotatable bonds is 9. The summed E-state index contributed by atoms with van der Waals surface area (Å²) in [6, 6.07) is 11.3. The van der Waals surface area contributed by atoms with Gasteiger partial charge in [-0.25, -0.2) is 13.4 Å². The summed E-state index contributed by atoms with van der Waals surface area (Å²) in [6.45, 7) is -8.13. The van der Waals surface area contributed by atoms with Crippen LogP contribution in [-0.4, -0.2) is 48.0 Å². The van der Waals surface area contributed by atoms with Crippen molar-refractivity contribution in [1.82, 2.24) is 9.29 Å². The molecule has 3 aromatic rings. The smallest absolute Gasteiger partial charge is 0.243 e. The van der Waals surface area contributed by atoms with E-state index in [1.54, 1.807) is 30.3 Å². The second-order valence-electron chi connectivity index (χ2n) is 6.38. The molecular weight excluding hydrogens is 408 g/mol. The highest BCUT2D eigenvalue weighted by Crippen LogP contribution is 2.28. The topological polar surface area (TPSA) is 123 Å². The Hall–Kier alpha value is -2.04. The van der Waals surface area contributed by atoms with Crippen molar-refractivity contribution in [2.45, 2.75) is 36.7 Å². The fraction of sp³-hybridized carbons (Fsp3) is 0.350. The summed E-state index contributed by atoms with van der Waals surface area (Å²) >= 11 is 0.988. The number of nitrogens with zero attached hydrogens (tertiary/aromatic N) is 2. The number of hydrogen-bond acceptors (Lipinski definition) is 7. The van der Waals surface area contributed by atoms with Crippen LogP contribution in [0.1, 0.15) is 28.4 Å². The summed E-state index contributed by atoms with van der Waals surface area (Å²) in [6.07, 6.45) is -5.20. The molecular formula is C20H26N4O3S2. The van der Waals surface area contributed by atoms with Crippen molar-refractivity contribution >= 4 is 36.7 Å². The summed E-state index contributed by atoms with van der Waals surface area (Å²) in [4.78, 5) is 3.58. The molecule has 7 nitrogen and oxygen atoms in total. The molecule has 0 aliphatic carbocycles. The van der Waals surface area contributed by atoms with E-state index in [9.17, 15) is 13.5 Å². The van der Waals surface area contributed by atoms with Crippen LogP contribution < -0.4 is 11.5 Å². The molecule has 5 N–H and O–H groups in total. The van der Waals surface area contributed by atoms with Gasteiger partial charge in [0.05, 0.1) is 21.2 Å². The van der Waals surface area contributed by atoms with Gasteiger partial charge < -0.3 is 16.6 Å². The number of aliphatic hydroxyl groups excluding tert-OH is 1. The molecule has 1 aromatic heterocycles. The van der Waals surface area contributed by atoms with Gasteiger partial charge in [-0.1, -0.05) is 48.5 Å². The van der Waals surface area contributed by atoms with E-state index < -0.39 is 53.3 Å². The van der Waals surface area contributed by atoms with Crippen LogP contribution >= 0.6 is 11.3 Å². The monoisotopic (exact) mass is 441 g/mol. The van der Waals surface area contributed by atoms with Crippen LogP contribution in [-0.2, 0) is 16.4 Å². The van der Waals surface area contributed by atoms with Crippen molar-refractivity contribution in [3.05, 3.63) is 54.1 Å². The van der Waals surface area contributed by atoms with Gasteiger partial charge in [0.25, 0.3) is 0 Å². The quantitative estimate of drug-likeness (QED) is 0.468. The molecule has 9 heteroatoms. The number of aliphatic hydroxyl groups is 1. The molecule has 0 saturated heterocycles. The molecule has 3 rings (SSSR count). The third-order valence-electron chi connectivity index (χ3n) is 4.31. The SMILES string of the molecule is [2H]C([2H])([2H])C([2H])([2H])C([2H])([2H])N(C[C@@H](O)[C@@H](N)Cc1ccccc1)S(=O)(=O)c1ccc2nc(N)sc2c1. The molecule has 0 aliphatic heterocycles. The van der Waals surface area contributed by atoms with Crippen LogP contribution in [0.4, 0.5) is 5.13 Å². The zero-order valence-corrected chi connectivity index (χ0v) is 17.0. The van der Waals surface area contributed by atoms with E-state index in [1.807, 2.05) is 0 Å². The molecule has 0 spiro atoms. The number of hydrogen-bond donors (Lipinski definition) is 3. The standard InChI is InChI=1S/C20H26N4O3S2/c1-2-10-24(13-18(25)16(21)11-14-6-4-3-5-7-14)29(26,27)15-8-9-17-19(12-15)28-20(22)23-17/h3-9,12,16,18,25H,2,10-11,13,21H2,1H3,(H2,22,23)/t16-,18+/m0/s1/i1D3,2D2,10D2. The fourth-order valence-electron chi connectivity index (χ4n) is 2.80. The minimum absolute atomic E-state index is 0.0352. The number of fused-ring (bicyclic) bond motifs is 1. The maximum absolute atomic E-state index is 13.7. The molecule has 1 heterocycles. The maximum atomic E-state index is 13.7. The number of nitrogen functional groups attached to an aromatic ring is 1. The van der Waals surface area contributed by atoms with Gasteiger partial charge in [-0.15, -0.1) is 0 Å². The predicted octanol–water partition coefficient (Wildman–Crippen LogP) is 2.21.